The molecule has 0 aliphatic carbocycles. The summed E-state index contributed by atoms with van der Waals surface area (Å²) in [5.74, 6) is -0.791. The highest BCUT2D eigenvalue weighted by molar-refractivity contribution is 7.92. The second kappa shape index (κ2) is 7.43. The number of halogens is 2. The van der Waals surface area contributed by atoms with E-state index in [0.29, 0.717) is 21.8 Å². The van der Waals surface area contributed by atoms with Crippen molar-refractivity contribution in [1.82, 2.24) is 4.98 Å². The van der Waals surface area contributed by atoms with Crippen molar-refractivity contribution in [2.45, 2.75) is 18.4 Å². The van der Waals surface area contributed by atoms with Crippen LogP contribution in [0.3, 0.4) is 0 Å². The molecule has 0 N–H and O–H groups in total. The van der Waals surface area contributed by atoms with E-state index in [0.717, 1.165) is 10.4 Å². The molecule has 3 aromatic rings. The van der Waals surface area contributed by atoms with Crippen LogP contribution in [0.4, 0.5) is 10.1 Å². The van der Waals surface area contributed by atoms with E-state index in [1.165, 1.54) is 12.1 Å². The number of aryl methyl sites for hydroxylation is 1. The molecule has 0 radical (unpaired) electrons. The van der Waals surface area contributed by atoms with Gasteiger partial charge in [-0.2, -0.15) is 0 Å². The maximum absolute atomic E-state index is 14.3. The Labute approximate surface area is 156 Å². The Hall–Kier alpha value is -2.44. The minimum atomic E-state index is -4.13. The van der Waals surface area contributed by atoms with Crippen molar-refractivity contribution in [3.05, 3.63) is 89.0 Å². The normalized spacial score (nSPS) is 11.3. The van der Waals surface area contributed by atoms with Crippen LogP contribution < -0.4 is 4.31 Å². The Morgan fingerprint density at radius 3 is 2.50 bits per heavy atom. The van der Waals surface area contributed by atoms with E-state index in [9.17, 15) is 12.8 Å². The number of nitrogens with zero attached hydrogens (tertiary/aromatic N) is 2. The number of sulfonamides is 1. The lowest BCUT2D eigenvalue weighted by atomic mass is 10.2. The number of rotatable bonds is 5. The average molecular weight is 391 g/mol. The third kappa shape index (κ3) is 3.86. The smallest absolute Gasteiger partial charge is 0.264 e. The summed E-state index contributed by atoms with van der Waals surface area (Å²) < 4.78 is 41.9. The van der Waals surface area contributed by atoms with Gasteiger partial charge in [-0.3, -0.25) is 9.29 Å². The van der Waals surface area contributed by atoms with Crippen LogP contribution in [0.5, 0.6) is 0 Å². The van der Waals surface area contributed by atoms with Gasteiger partial charge in [-0.25, -0.2) is 12.8 Å². The zero-order chi connectivity index (χ0) is 18.7. The number of hydrogen-bond acceptors (Lipinski definition) is 3. The Morgan fingerprint density at radius 2 is 1.85 bits per heavy atom. The molecule has 0 saturated carbocycles. The summed E-state index contributed by atoms with van der Waals surface area (Å²) in [6.07, 6.45) is 3.18. The van der Waals surface area contributed by atoms with Crippen molar-refractivity contribution in [2.75, 3.05) is 4.31 Å². The first-order valence-corrected chi connectivity index (χ1v) is 9.63. The minimum absolute atomic E-state index is 0.0190. The molecule has 0 fully saturated rings. The molecule has 7 heteroatoms. The molecule has 0 bridgehead atoms. The molecule has 0 spiro atoms. The van der Waals surface area contributed by atoms with Crippen LogP contribution in [0.1, 0.15) is 11.1 Å². The molecule has 4 nitrogen and oxygen atoms in total. The fraction of sp³-hybridized carbons (Fsp3) is 0.105. The van der Waals surface area contributed by atoms with E-state index in [4.69, 9.17) is 11.6 Å². The van der Waals surface area contributed by atoms with Gasteiger partial charge in [0.05, 0.1) is 12.2 Å². The summed E-state index contributed by atoms with van der Waals surface area (Å²) in [4.78, 5) is 3.65. The molecule has 0 atom stereocenters. The van der Waals surface area contributed by atoms with E-state index < -0.39 is 15.8 Å². The molecular weight excluding hydrogens is 375 g/mol. The van der Waals surface area contributed by atoms with Crippen molar-refractivity contribution in [3.8, 4) is 0 Å². The fourth-order valence-electron chi connectivity index (χ4n) is 2.51. The lowest BCUT2D eigenvalue weighted by molar-refractivity contribution is 0.562. The van der Waals surface area contributed by atoms with Gasteiger partial charge in [0.2, 0.25) is 0 Å². The first-order chi connectivity index (χ1) is 12.4. The van der Waals surface area contributed by atoms with Crippen molar-refractivity contribution in [1.29, 1.82) is 0 Å². The van der Waals surface area contributed by atoms with Gasteiger partial charge in [0.15, 0.2) is 0 Å². The van der Waals surface area contributed by atoms with Crippen molar-refractivity contribution in [3.63, 3.8) is 0 Å². The van der Waals surface area contributed by atoms with Gasteiger partial charge in [-0.05, 0) is 60.5 Å². The molecule has 1 aromatic heterocycles. The van der Waals surface area contributed by atoms with E-state index in [1.54, 1.807) is 55.7 Å². The molecular formula is C19H16ClFN2O2S. The highest BCUT2D eigenvalue weighted by atomic mass is 35.5. The predicted octanol–water partition coefficient (Wildman–Crippen LogP) is 4.58. The maximum Gasteiger partial charge on any atom is 0.267 e. The molecule has 3 rings (SSSR count). The standard InChI is InChI=1S/C19H16ClFN2O2S/c1-14-4-9-18(21)19(11-14)26(24,25)23(13-15-3-2-10-22-12-15)17-7-5-16(20)6-8-17/h2-12H,13H2,1H3. The third-order valence-electron chi connectivity index (χ3n) is 3.82. The number of anilines is 1. The molecule has 134 valence electrons. The molecule has 2 aromatic carbocycles. The SMILES string of the molecule is Cc1ccc(F)c(S(=O)(=O)N(Cc2cccnc2)c2ccc(Cl)cc2)c1. The Kier molecular flexibility index (Phi) is 5.25. The average Bonchev–Trinajstić information content (AvgIpc) is 2.63. The highest BCUT2D eigenvalue weighted by Gasteiger charge is 2.28. The van der Waals surface area contributed by atoms with Gasteiger partial charge in [-0.15, -0.1) is 0 Å². The van der Waals surface area contributed by atoms with E-state index >= 15 is 0 Å². The number of benzene rings is 2. The summed E-state index contributed by atoms with van der Waals surface area (Å²) in [6, 6.07) is 13.9. The fourth-order valence-corrected chi connectivity index (χ4v) is 4.24. The quantitative estimate of drug-likeness (QED) is 0.640. The van der Waals surface area contributed by atoms with Gasteiger partial charge < -0.3 is 0 Å². The Morgan fingerprint density at radius 1 is 1.12 bits per heavy atom. The molecule has 0 aliphatic rings. The second-order valence-corrected chi connectivity index (χ2v) is 8.05. The minimum Gasteiger partial charge on any atom is -0.264 e. The second-order valence-electron chi connectivity index (χ2n) is 5.78. The molecule has 0 unspecified atom stereocenters. The topological polar surface area (TPSA) is 50.3 Å². The highest BCUT2D eigenvalue weighted by Crippen LogP contribution is 2.28. The van der Waals surface area contributed by atoms with Crippen molar-refractivity contribution in [2.24, 2.45) is 0 Å². The van der Waals surface area contributed by atoms with Crippen LogP contribution in [0.2, 0.25) is 5.02 Å². The summed E-state index contributed by atoms with van der Waals surface area (Å²) in [5, 5.41) is 0.481. The first kappa shape index (κ1) is 18.4. The van der Waals surface area contributed by atoms with E-state index in [2.05, 4.69) is 4.98 Å². The Bertz CT molecular complexity index is 1010. The molecule has 0 aliphatic heterocycles. The first-order valence-electron chi connectivity index (χ1n) is 7.81. The summed E-state index contributed by atoms with van der Waals surface area (Å²) in [6.45, 7) is 1.73. The summed E-state index contributed by atoms with van der Waals surface area (Å²) in [7, 11) is -4.13. The molecule has 26 heavy (non-hydrogen) atoms. The van der Waals surface area contributed by atoms with E-state index in [1.807, 2.05) is 0 Å². The van der Waals surface area contributed by atoms with Crippen molar-refractivity contribution >= 4 is 27.3 Å². The zero-order valence-corrected chi connectivity index (χ0v) is 15.5. The van der Waals surface area contributed by atoms with E-state index in [-0.39, 0.29) is 11.4 Å². The van der Waals surface area contributed by atoms with Crippen LogP contribution in [-0.2, 0) is 16.6 Å². The largest absolute Gasteiger partial charge is 0.267 e. The number of aromatic nitrogens is 1. The summed E-state index contributed by atoms with van der Waals surface area (Å²) >= 11 is 5.92. The predicted molar refractivity (Wildman–Crippen MR) is 100 cm³/mol. The molecule has 0 saturated heterocycles. The number of pyridine rings is 1. The van der Waals surface area contributed by atoms with Crippen molar-refractivity contribution < 1.29 is 12.8 Å². The Balaban J connectivity index is 2.12. The summed E-state index contributed by atoms with van der Waals surface area (Å²) in [5.41, 5.74) is 1.72. The molecule has 1 heterocycles. The van der Waals surface area contributed by atoms with Crippen LogP contribution in [-0.4, -0.2) is 13.4 Å². The van der Waals surface area contributed by atoms with Gasteiger partial charge in [-0.1, -0.05) is 23.7 Å². The van der Waals surface area contributed by atoms with Gasteiger partial charge in [0.1, 0.15) is 10.7 Å². The van der Waals surface area contributed by atoms with Crippen LogP contribution in [0.25, 0.3) is 0 Å². The zero-order valence-electron chi connectivity index (χ0n) is 13.9. The van der Waals surface area contributed by atoms with Crippen LogP contribution in [0, 0.1) is 12.7 Å². The van der Waals surface area contributed by atoms with Crippen LogP contribution >= 0.6 is 11.6 Å². The monoisotopic (exact) mass is 390 g/mol. The lowest BCUT2D eigenvalue weighted by Crippen LogP contribution is -2.31. The lowest BCUT2D eigenvalue weighted by Gasteiger charge is -2.25. The van der Waals surface area contributed by atoms with Crippen LogP contribution in [0.15, 0.2) is 71.9 Å². The van der Waals surface area contributed by atoms with Gasteiger partial charge in [0.25, 0.3) is 10.0 Å². The van der Waals surface area contributed by atoms with Gasteiger partial charge >= 0.3 is 0 Å². The maximum atomic E-state index is 14.3. The number of hydrogen-bond donors (Lipinski definition) is 0. The third-order valence-corrected chi connectivity index (χ3v) is 5.86. The van der Waals surface area contributed by atoms with Gasteiger partial charge in [0, 0.05) is 17.4 Å². The molecule has 0 amide bonds.